The van der Waals surface area contributed by atoms with E-state index in [2.05, 4.69) is 10.8 Å². The molecule has 2 aromatic carbocycles. The van der Waals surface area contributed by atoms with E-state index in [0.717, 1.165) is 5.56 Å². The number of likely N-dealkylation sites (tertiary alicyclic amines) is 1. The minimum atomic E-state index is -3.90. The number of amides is 1. The highest BCUT2D eigenvalue weighted by molar-refractivity contribution is 7.89. The second kappa shape index (κ2) is 8.78. The third-order valence-electron chi connectivity index (χ3n) is 5.30. The largest absolute Gasteiger partial charge is 0.619 e. The van der Waals surface area contributed by atoms with Gasteiger partial charge < -0.3 is 10.1 Å². The molecule has 1 aliphatic heterocycles. The molecule has 1 atom stereocenters. The van der Waals surface area contributed by atoms with Crippen molar-refractivity contribution >= 4 is 15.9 Å². The molecule has 0 aliphatic carbocycles. The Balaban J connectivity index is 1.44. The van der Waals surface area contributed by atoms with E-state index in [9.17, 15) is 18.4 Å². The van der Waals surface area contributed by atoms with Crippen molar-refractivity contribution in [3.8, 4) is 17.2 Å². The Bertz CT molecular complexity index is 1300. The molecule has 8 nitrogen and oxygen atoms in total. The summed E-state index contributed by atoms with van der Waals surface area (Å²) in [6.07, 6.45) is 3.13. The number of sulfonamides is 1. The van der Waals surface area contributed by atoms with Crippen LogP contribution in [0.4, 0.5) is 0 Å². The maximum Gasteiger partial charge on any atom is 0.241 e. The van der Waals surface area contributed by atoms with Gasteiger partial charge in [0.15, 0.2) is 12.4 Å². The van der Waals surface area contributed by atoms with E-state index >= 15 is 0 Å². The summed E-state index contributed by atoms with van der Waals surface area (Å²) in [6.45, 7) is 0.739. The molecular formula is C23H20N4O4S. The number of aromatic nitrogens is 1. The number of nitrogens with zero attached hydrogens (tertiary/aromatic N) is 3. The zero-order valence-electron chi connectivity index (χ0n) is 17.0. The van der Waals surface area contributed by atoms with Crippen molar-refractivity contribution in [2.75, 3.05) is 6.54 Å². The Morgan fingerprint density at radius 1 is 1.12 bits per heavy atom. The number of rotatable bonds is 6. The first kappa shape index (κ1) is 21.5. The Morgan fingerprint density at radius 2 is 1.91 bits per heavy atom. The van der Waals surface area contributed by atoms with E-state index in [1.807, 2.05) is 6.07 Å². The first-order valence-corrected chi connectivity index (χ1v) is 11.4. The van der Waals surface area contributed by atoms with Crippen molar-refractivity contribution < 1.29 is 17.9 Å². The molecule has 1 N–H and O–H groups in total. The van der Waals surface area contributed by atoms with E-state index in [4.69, 9.17) is 5.26 Å². The second-order valence-corrected chi connectivity index (χ2v) is 9.23. The predicted octanol–water partition coefficient (Wildman–Crippen LogP) is 1.94. The molecule has 2 heterocycles. The summed E-state index contributed by atoms with van der Waals surface area (Å²) >= 11 is 0. The quantitative estimate of drug-likeness (QED) is 0.457. The molecule has 1 aromatic heterocycles. The fourth-order valence-electron chi connectivity index (χ4n) is 3.67. The van der Waals surface area contributed by atoms with Crippen molar-refractivity contribution in [1.82, 2.24) is 9.62 Å². The van der Waals surface area contributed by atoms with Gasteiger partial charge in [-0.2, -0.15) is 14.7 Å². The van der Waals surface area contributed by atoms with Gasteiger partial charge in [-0.3, -0.25) is 4.79 Å². The van der Waals surface area contributed by atoms with Crippen molar-refractivity contribution in [3.63, 3.8) is 0 Å². The summed E-state index contributed by atoms with van der Waals surface area (Å²) in [4.78, 5) is 14.4. The molecule has 3 aromatic rings. The molecule has 0 spiro atoms. The van der Waals surface area contributed by atoms with Crippen molar-refractivity contribution in [2.24, 2.45) is 0 Å². The molecule has 1 amide bonds. The van der Waals surface area contributed by atoms with Gasteiger partial charge >= 0.3 is 0 Å². The van der Waals surface area contributed by atoms with Crippen molar-refractivity contribution in [1.29, 1.82) is 5.26 Å². The minimum absolute atomic E-state index is 0.0418. The number of carbonyl (C=O) groups is 1. The first-order chi connectivity index (χ1) is 15.4. The SMILES string of the molecule is N#Cc1cccc(CN2CC[C@H](NS(=O)(=O)c3ccc(-c4ccc[n+]([O-])c4)cc3)C2=O)c1. The maximum absolute atomic E-state index is 12.8. The summed E-state index contributed by atoms with van der Waals surface area (Å²) in [5, 5.41) is 20.5. The van der Waals surface area contributed by atoms with Crippen LogP contribution in [-0.4, -0.2) is 31.8 Å². The lowest BCUT2D eigenvalue weighted by atomic mass is 10.1. The lowest BCUT2D eigenvalue weighted by Crippen LogP contribution is -2.41. The zero-order chi connectivity index (χ0) is 22.7. The van der Waals surface area contributed by atoms with Crippen LogP contribution in [0.3, 0.4) is 0 Å². The average Bonchev–Trinajstić information content (AvgIpc) is 3.12. The molecule has 32 heavy (non-hydrogen) atoms. The van der Waals surface area contributed by atoms with Crippen molar-refractivity contribution in [3.05, 3.63) is 89.4 Å². The van der Waals surface area contributed by atoms with Crippen LogP contribution in [-0.2, 0) is 21.4 Å². The van der Waals surface area contributed by atoms with Gasteiger partial charge in [-0.05, 0) is 47.9 Å². The second-order valence-electron chi connectivity index (χ2n) is 7.51. The van der Waals surface area contributed by atoms with Crippen LogP contribution >= 0.6 is 0 Å². The Hall–Kier alpha value is -3.74. The number of nitrogens with one attached hydrogen (secondary N) is 1. The smallest absolute Gasteiger partial charge is 0.241 e. The molecule has 0 bridgehead atoms. The maximum atomic E-state index is 12.8. The molecule has 4 rings (SSSR count). The van der Waals surface area contributed by atoms with Crippen LogP contribution in [0.15, 0.2) is 78.0 Å². The number of hydrogen-bond acceptors (Lipinski definition) is 5. The highest BCUT2D eigenvalue weighted by atomic mass is 32.2. The normalized spacial score (nSPS) is 16.2. The van der Waals surface area contributed by atoms with Gasteiger partial charge in [0.1, 0.15) is 6.04 Å². The average molecular weight is 449 g/mol. The molecule has 9 heteroatoms. The summed E-state index contributed by atoms with van der Waals surface area (Å²) < 4.78 is 28.8. The summed E-state index contributed by atoms with van der Waals surface area (Å²) in [5.74, 6) is -0.295. The van der Waals surface area contributed by atoms with Crippen molar-refractivity contribution in [2.45, 2.75) is 23.9 Å². The standard InChI is InChI=1S/C23H20N4O4S/c24-14-17-3-1-4-18(13-17)15-26-12-10-22(23(26)28)25-32(30,31)21-8-6-19(7-9-21)20-5-2-11-27(29)16-20/h1-9,11,13,16,22,25H,10,12,15H2/t22-/m0/s1. The number of benzene rings is 2. The fourth-order valence-corrected chi connectivity index (χ4v) is 4.90. The monoisotopic (exact) mass is 448 g/mol. The van der Waals surface area contributed by atoms with E-state index in [0.29, 0.717) is 40.9 Å². The predicted molar refractivity (Wildman–Crippen MR) is 116 cm³/mol. The number of carbonyl (C=O) groups excluding carboxylic acids is 1. The van der Waals surface area contributed by atoms with E-state index < -0.39 is 16.1 Å². The zero-order valence-corrected chi connectivity index (χ0v) is 17.8. The first-order valence-electron chi connectivity index (χ1n) is 9.95. The third-order valence-corrected chi connectivity index (χ3v) is 6.79. The van der Waals surface area contributed by atoms with Crippen LogP contribution in [0.5, 0.6) is 0 Å². The fraction of sp³-hybridized carbons (Fsp3) is 0.174. The van der Waals surface area contributed by atoms with Gasteiger partial charge in [0.05, 0.1) is 16.5 Å². The third kappa shape index (κ3) is 4.61. The van der Waals surface area contributed by atoms with E-state index in [1.165, 1.54) is 24.5 Å². The Labute approximate surface area is 186 Å². The van der Waals surface area contributed by atoms with E-state index in [1.54, 1.807) is 47.4 Å². The molecule has 0 unspecified atom stereocenters. The van der Waals surface area contributed by atoms with Gasteiger partial charge in [0.25, 0.3) is 0 Å². The molecule has 1 fully saturated rings. The number of nitriles is 1. The molecular weight excluding hydrogens is 428 g/mol. The van der Waals surface area contributed by atoms with Gasteiger partial charge in [0, 0.05) is 24.7 Å². The van der Waals surface area contributed by atoms with Gasteiger partial charge in [-0.1, -0.05) is 24.3 Å². The number of pyridine rings is 1. The van der Waals surface area contributed by atoms with Crippen LogP contribution in [0.2, 0.25) is 0 Å². The Kier molecular flexibility index (Phi) is 5.90. The van der Waals surface area contributed by atoms with Gasteiger partial charge in [-0.15, -0.1) is 0 Å². The minimum Gasteiger partial charge on any atom is -0.619 e. The highest BCUT2D eigenvalue weighted by Crippen LogP contribution is 2.22. The lowest BCUT2D eigenvalue weighted by Gasteiger charge is -2.17. The number of hydrogen-bond donors (Lipinski definition) is 1. The topological polar surface area (TPSA) is 117 Å². The molecule has 1 aliphatic rings. The lowest BCUT2D eigenvalue weighted by molar-refractivity contribution is -0.604. The van der Waals surface area contributed by atoms with Crippen LogP contribution in [0.1, 0.15) is 17.5 Å². The summed E-state index contributed by atoms with van der Waals surface area (Å²) in [7, 11) is -3.90. The van der Waals surface area contributed by atoms with Crippen LogP contribution < -0.4 is 9.45 Å². The summed E-state index contributed by atoms with van der Waals surface area (Å²) in [5.41, 5.74) is 2.70. The van der Waals surface area contributed by atoms with Crippen LogP contribution in [0.25, 0.3) is 11.1 Å². The van der Waals surface area contributed by atoms with Crippen LogP contribution in [0, 0.1) is 16.5 Å². The molecule has 162 valence electrons. The Morgan fingerprint density at radius 3 is 2.62 bits per heavy atom. The van der Waals surface area contributed by atoms with E-state index in [-0.39, 0.29) is 10.8 Å². The highest BCUT2D eigenvalue weighted by Gasteiger charge is 2.34. The van der Waals surface area contributed by atoms with Gasteiger partial charge in [-0.25, -0.2) is 8.42 Å². The van der Waals surface area contributed by atoms with Gasteiger partial charge in [0.2, 0.25) is 15.9 Å². The molecule has 1 saturated heterocycles. The molecule has 0 radical (unpaired) electrons. The summed E-state index contributed by atoms with van der Waals surface area (Å²) in [6, 6.07) is 17.7. The molecule has 0 saturated carbocycles.